The highest BCUT2D eigenvalue weighted by Crippen LogP contribution is 2.17. The molecule has 108 valence electrons. The first-order chi connectivity index (χ1) is 9.52. The minimum atomic E-state index is 0.737. The third kappa shape index (κ3) is 3.10. The Bertz CT molecular complexity index is 597. The Kier molecular flexibility index (Phi) is 4.61. The summed E-state index contributed by atoms with van der Waals surface area (Å²) < 4.78 is 2.12. The fourth-order valence-corrected chi connectivity index (χ4v) is 2.60. The number of rotatable bonds is 5. The SMILES string of the molecule is Cc1ccc(Cn2nc(C)c(CCCN)c2C)cc1C. The maximum absolute atomic E-state index is 5.61. The van der Waals surface area contributed by atoms with Gasteiger partial charge in [0, 0.05) is 5.69 Å². The number of nitrogens with zero attached hydrogens (tertiary/aromatic N) is 2. The van der Waals surface area contributed by atoms with Crippen LogP contribution in [0, 0.1) is 27.7 Å². The van der Waals surface area contributed by atoms with Gasteiger partial charge in [-0.1, -0.05) is 18.2 Å². The van der Waals surface area contributed by atoms with E-state index in [4.69, 9.17) is 5.73 Å². The largest absolute Gasteiger partial charge is 0.330 e. The van der Waals surface area contributed by atoms with Gasteiger partial charge in [-0.15, -0.1) is 0 Å². The summed E-state index contributed by atoms with van der Waals surface area (Å²) in [5.41, 5.74) is 13.4. The molecular weight excluding hydrogens is 246 g/mol. The van der Waals surface area contributed by atoms with E-state index in [-0.39, 0.29) is 0 Å². The first kappa shape index (κ1) is 14.8. The molecule has 2 aromatic rings. The topological polar surface area (TPSA) is 43.8 Å². The second-order valence-electron chi connectivity index (χ2n) is 5.62. The van der Waals surface area contributed by atoms with E-state index in [1.807, 2.05) is 0 Å². The molecule has 0 aliphatic heterocycles. The summed E-state index contributed by atoms with van der Waals surface area (Å²) in [5, 5.41) is 4.69. The molecule has 0 unspecified atom stereocenters. The highest BCUT2D eigenvalue weighted by Gasteiger charge is 2.11. The van der Waals surface area contributed by atoms with Gasteiger partial charge in [-0.05, 0) is 69.3 Å². The van der Waals surface area contributed by atoms with Crippen LogP contribution < -0.4 is 5.73 Å². The lowest BCUT2D eigenvalue weighted by atomic mass is 10.1. The average molecular weight is 271 g/mol. The summed E-state index contributed by atoms with van der Waals surface area (Å²) in [4.78, 5) is 0. The van der Waals surface area contributed by atoms with E-state index in [0.29, 0.717) is 0 Å². The van der Waals surface area contributed by atoms with Crippen LogP contribution in [-0.4, -0.2) is 16.3 Å². The first-order valence-electron chi connectivity index (χ1n) is 7.32. The third-order valence-corrected chi connectivity index (χ3v) is 4.07. The molecule has 3 nitrogen and oxygen atoms in total. The minimum Gasteiger partial charge on any atom is -0.330 e. The van der Waals surface area contributed by atoms with Crippen LogP contribution in [0.1, 0.15) is 40.1 Å². The highest BCUT2D eigenvalue weighted by atomic mass is 15.3. The highest BCUT2D eigenvalue weighted by molar-refractivity contribution is 5.31. The van der Waals surface area contributed by atoms with Crippen molar-refractivity contribution < 1.29 is 0 Å². The quantitative estimate of drug-likeness (QED) is 0.908. The summed E-state index contributed by atoms with van der Waals surface area (Å²) in [6.07, 6.45) is 2.05. The molecule has 1 heterocycles. The van der Waals surface area contributed by atoms with Gasteiger partial charge >= 0.3 is 0 Å². The first-order valence-corrected chi connectivity index (χ1v) is 7.32. The third-order valence-electron chi connectivity index (χ3n) is 4.07. The molecule has 0 spiro atoms. The predicted octanol–water partition coefficient (Wildman–Crippen LogP) is 3.06. The fraction of sp³-hybridized carbons (Fsp3) is 0.471. The van der Waals surface area contributed by atoms with Crippen molar-refractivity contribution in [3.8, 4) is 0 Å². The molecule has 1 aromatic heterocycles. The lowest BCUT2D eigenvalue weighted by Gasteiger charge is -2.08. The molecule has 2 N–H and O–H groups in total. The van der Waals surface area contributed by atoms with Crippen LogP contribution in [0.5, 0.6) is 0 Å². The van der Waals surface area contributed by atoms with Crippen molar-refractivity contribution in [2.45, 2.75) is 47.1 Å². The van der Waals surface area contributed by atoms with E-state index in [9.17, 15) is 0 Å². The Hall–Kier alpha value is -1.61. The Morgan fingerprint density at radius 3 is 2.50 bits per heavy atom. The van der Waals surface area contributed by atoms with Crippen molar-refractivity contribution in [1.29, 1.82) is 0 Å². The van der Waals surface area contributed by atoms with Crippen LogP contribution in [0.3, 0.4) is 0 Å². The van der Waals surface area contributed by atoms with E-state index < -0.39 is 0 Å². The van der Waals surface area contributed by atoms with Crippen molar-refractivity contribution in [2.75, 3.05) is 6.54 Å². The van der Waals surface area contributed by atoms with Crippen molar-refractivity contribution in [3.63, 3.8) is 0 Å². The van der Waals surface area contributed by atoms with E-state index >= 15 is 0 Å². The predicted molar refractivity (Wildman–Crippen MR) is 84.1 cm³/mol. The molecule has 0 aliphatic carbocycles. The number of aryl methyl sites for hydroxylation is 3. The lowest BCUT2D eigenvalue weighted by molar-refractivity contribution is 0.657. The molecule has 3 heteroatoms. The Morgan fingerprint density at radius 1 is 1.10 bits per heavy atom. The van der Waals surface area contributed by atoms with Gasteiger partial charge < -0.3 is 5.73 Å². The van der Waals surface area contributed by atoms with Crippen molar-refractivity contribution in [2.24, 2.45) is 5.73 Å². The monoisotopic (exact) mass is 271 g/mol. The van der Waals surface area contributed by atoms with E-state index in [2.05, 4.69) is 55.7 Å². The van der Waals surface area contributed by atoms with Gasteiger partial charge in [-0.3, -0.25) is 4.68 Å². The molecule has 2 rings (SSSR count). The smallest absolute Gasteiger partial charge is 0.0662 e. The van der Waals surface area contributed by atoms with Gasteiger partial charge in [-0.2, -0.15) is 5.10 Å². The van der Waals surface area contributed by atoms with Gasteiger partial charge in [0.15, 0.2) is 0 Å². The van der Waals surface area contributed by atoms with Gasteiger partial charge in [-0.25, -0.2) is 0 Å². The molecule has 0 bridgehead atoms. The van der Waals surface area contributed by atoms with E-state index in [1.165, 1.54) is 27.9 Å². The lowest BCUT2D eigenvalue weighted by Crippen LogP contribution is -2.05. The molecule has 1 aromatic carbocycles. The molecule has 0 saturated heterocycles. The number of hydrogen-bond donors (Lipinski definition) is 1. The van der Waals surface area contributed by atoms with Crippen LogP contribution in [0.15, 0.2) is 18.2 Å². The van der Waals surface area contributed by atoms with Gasteiger partial charge in [0.2, 0.25) is 0 Å². The maximum atomic E-state index is 5.61. The van der Waals surface area contributed by atoms with Crippen LogP contribution in [0.25, 0.3) is 0 Å². The Labute approximate surface area is 121 Å². The normalized spacial score (nSPS) is 11.1. The van der Waals surface area contributed by atoms with Crippen LogP contribution >= 0.6 is 0 Å². The van der Waals surface area contributed by atoms with E-state index in [0.717, 1.165) is 31.6 Å². The zero-order chi connectivity index (χ0) is 14.7. The summed E-state index contributed by atoms with van der Waals surface area (Å²) in [5.74, 6) is 0. The number of benzene rings is 1. The Balaban J connectivity index is 2.23. The van der Waals surface area contributed by atoms with Crippen LogP contribution in [0.2, 0.25) is 0 Å². The average Bonchev–Trinajstić information content (AvgIpc) is 2.67. The molecule has 0 radical (unpaired) electrons. The fourth-order valence-electron chi connectivity index (χ4n) is 2.60. The van der Waals surface area contributed by atoms with Gasteiger partial charge in [0.05, 0.1) is 12.2 Å². The standard InChI is InChI=1S/C17H25N3/c1-12-7-8-16(10-13(12)2)11-20-15(4)17(6-5-9-18)14(3)19-20/h7-8,10H,5-6,9,11,18H2,1-4H3. The zero-order valence-corrected chi connectivity index (χ0v) is 13.0. The zero-order valence-electron chi connectivity index (χ0n) is 13.0. The number of hydrogen-bond acceptors (Lipinski definition) is 2. The maximum Gasteiger partial charge on any atom is 0.0662 e. The summed E-state index contributed by atoms with van der Waals surface area (Å²) in [6, 6.07) is 6.63. The van der Waals surface area contributed by atoms with Crippen molar-refractivity contribution >= 4 is 0 Å². The molecule has 0 atom stereocenters. The molecule has 0 fully saturated rings. The second-order valence-corrected chi connectivity index (χ2v) is 5.62. The number of nitrogens with two attached hydrogens (primary N) is 1. The van der Waals surface area contributed by atoms with Gasteiger partial charge in [0.1, 0.15) is 0 Å². The molecule has 0 saturated carbocycles. The molecule has 20 heavy (non-hydrogen) atoms. The summed E-state index contributed by atoms with van der Waals surface area (Å²) >= 11 is 0. The molecule has 0 aliphatic rings. The van der Waals surface area contributed by atoms with Crippen LogP contribution in [-0.2, 0) is 13.0 Å². The number of aromatic nitrogens is 2. The van der Waals surface area contributed by atoms with E-state index in [1.54, 1.807) is 0 Å². The molecule has 0 amide bonds. The summed E-state index contributed by atoms with van der Waals surface area (Å²) in [7, 11) is 0. The molecular formula is C17H25N3. The Morgan fingerprint density at radius 2 is 1.85 bits per heavy atom. The minimum absolute atomic E-state index is 0.737. The van der Waals surface area contributed by atoms with Gasteiger partial charge in [0.25, 0.3) is 0 Å². The van der Waals surface area contributed by atoms with Crippen LogP contribution in [0.4, 0.5) is 0 Å². The van der Waals surface area contributed by atoms with Crippen molar-refractivity contribution in [1.82, 2.24) is 9.78 Å². The summed E-state index contributed by atoms with van der Waals surface area (Å²) in [6.45, 7) is 10.1. The second kappa shape index (κ2) is 6.23. The van der Waals surface area contributed by atoms with Crippen molar-refractivity contribution in [3.05, 3.63) is 51.8 Å².